The van der Waals surface area contributed by atoms with Crippen molar-refractivity contribution in [3.63, 3.8) is 0 Å². The number of carbonyl (C=O) groups is 1. The molecule has 5 heteroatoms. The molecule has 0 aromatic carbocycles. The van der Waals surface area contributed by atoms with Crippen LogP contribution in [0.4, 0.5) is 0 Å². The van der Waals surface area contributed by atoms with E-state index >= 15 is 0 Å². The number of rotatable bonds is 6. The van der Waals surface area contributed by atoms with Crippen LogP contribution in [0.2, 0.25) is 6.32 Å². The summed E-state index contributed by atoms with van der Waals surface area (Å²) in [5, 5.41) is 9.31. The monoisotopic (exact) mass is 226 g/mol. The largest absolute Gasteiger partial charge is 0.480 e. The lowest BCUT2D eigenvalue weighted by Crippen LogP contribution is -2.53. The molecule has 1 unspecified atom stereocenters. The molecule has 0 bridgehead atoms. The highest BCUT2D eigenvalue weighted by molar-refractivity contribution is 6.08. The third-order valence-corrected chi connectivity index (χ3v) is 3.79. The molecule has 4 nitrogen and oxygen atoms in total. The predicted molar refractivity (Wildman–Crippen MR) is 67.1 cm³/mol. The maximum absolute atomic E-state index is 11.3. The molecule has 0 spiro atoms. The Bertz CT molecular complexity index is 250. The summed E-state index contributed by atoms with van der Waals surface area (Å²) in [5.74, 6) is -0.806. The van der Waals surface area contributed by atoms with Crippen LogP contribution in [0.15, 0.2) is 0 Å². The topological polar surface area (TPSA) is 89.3 Å². The van der Waals surface area contributed by atoms with Crippen LogP contribution in [-0.4, -0.2) is 30.5 Å². The van der Waals surface area contributed by atoms with E-state index in [0.29, 0.717) is 6.42 Å². The summed E-state index contributed by atoms with van der Waals surface area (Å²) in [7, 11) is 2.10. The Morgan fingerprint density at radius 1 is 1.44 bits per heavy atom. The normalized spacial score (nSPS) is 28.9. The summed E-state index contributed by atoms with van der Waals surface area (Å²) in [6, 6.07) is 0.137. The van der Waals surface area contributed by atoms with Crippen molar-refractivity contribution in [2.75, 3.05) is 0 Å². The lowest BCUT2D eigenvalue weighted by molar-refractivity contribution is -0.146. The van der Waals surface area contributed by atoms with Crippen molar-refractivity contribution in [2.24, 2.45) is 17.4 Å². The van der Waals surface area contributed by atoms with Crippen molar-refractivity contribution in [3.05, 3.63) is 0 Å². The fourth-order valence-electron chi connectivity index (χ4n) is 2.64. The zero-order valence-corrected chi connectivity index (χ0v) is 10.1. The van der Waals surface area contributed by atoms with Gasteiger partial charge in [-0.3, -0.25) is 4.79 Å². The molecule has 92 valence electrons. The molecule has 0 saturated heterocycles. The zero-order chi connectivity index (χ0) is 12.2. The minimum Gasteiger partial charge on any atom is -0.480 e. The van der Waals surface area contributed by atoms with Crippen molar-refractivity contribution in [2.45, 2.75) is 56.4 Å². The van der Waals surface area contributed by atoms with Gasteiger partial charge in [0, 0.05) is 6.04 Å². The lowest BCUT2D eigenvalue weighted by atomic mass is 9.79. The predicted octanol–water partition coefficient (Wildman–Crippen LogP) is 0.118. The molecule has 1 saturated carbocycles. The molecule has 3 atom stereocenters. The average Bonchev–Trinajstić information content (AvgIpc) is 2.65. The molecule has 0 heterocycles. The minimum absolute atomic E-state index is 0.0526. The van der Waals surface area contributed by atoms with E-state index in [1.807, 2.05) is 0 Å². The Morgan fingerprint density at radius 3 is 2.56 bits per heavy atom. The first-order chi connectivity index (χ1) is 7.50. The molecule has 0 aliphatic heterocycles. The van der Waals surface area contributed by atoms with Crippen molar-refractivity contribution in [1.29, 1.82) is 0 Å². The number of carboxylic acid groups (broad SMARTS) is 1. The van der Waals surface area contributed by atoms with Crippen molar-refractivity contribution in [1.82, 2.24) is 0 Å². The van der Waals surface area contributed by atoms with E-state index in [1.54, 1.807) is 0 Å². The van der Waals surface area contributed by atoms with Crippen LogP contribution >= 0.6 is 0 Å². The highest BCUT2D eigenvalue weighted by Gasteiger charge is 2.44. The smallest absolute Gasteiger partial charge is 0.323 e. The van der Waals surface area contributed by atoms with E-state index in [4.69, 9.17) is 11.5 Å². The van der Waals surface area contributed by atoms with Crippen LogP contribution in [0.1, 0.15) is 38.5 Å². The van der Waals surface area contributed by atoms with Crippen LogP contribution < -0.4 is 11.5 Å². The number of nitrogens with two attached hydrogens (primary N) is 2. The Labute approximate surface area is 98.2 Å². The summed E-state index contributed by atoms with van der Waals surface area (Å²) in [4.78, 5) is 11.3. The van der Waals surface area contributed by atoms with Crippen LogP contribution in [0.25, 0.3) is 0 Å². The molecule has 0 aromatic heterocycles. The van der Waals surface area contributed by atoms with Crippen molar-refractivity contribution < 1.29 is 9.90 Å². The zero-order valence-electron chi connectivity index (χ0n) is 10.1. The molecule has 0 aromatic rings. The van der Waals surface area contributed by atoms with Gasteiger partial charge >= 0.3 is 5.97 Å². The van der Waals surface area contributed by atoms with Crippen molar-refractivity contribution in [3.8, 4) is 0 Å². The number of carboxylic acids is 1. The summed E-state index contributed by atoms with van der Waals surface area (Å²) < 4.78 is 0. The fourth-order valence-corrected chi connectivity index (χ4v) is 2.64. The second-order valence-electron chi connectivity index (χ2n) is 5.07. The lowest BCUT2D eigenvalue weighted by Gasteiger charge is -2.31. The van der Waals surface area contributed by atoms with E-state index in [9.17, 15) is 9.90 Å². The Morgan fingerprint density at radius 2 is 2.12 bits per heavy atom. The van der Waals surface area contributed by atoms with E-state index in [2.05, 4.69) is 7.85 Å². The molecule has 1 fully saturated rings. The molecule has 1 rings (SSSR count). The quantitative estimate of drug-likeness (QED) is 0.443. The minimum atomic E-state index is -1.05. The van der Waals surface area contributed by atoms with E-state index < -0.39 is 11.5 Å². The van der Waals surface area contributed by atoms with E-state index in [1.165, 1.54) is 0 Å². The molecule has 0 radical (unpaired) electrons. The number of hydrogen-bond donors (Lipinski definition) is 3. The Hall–Kier alpha value is -0.545. The van der Waals surface area contributed by atoms with Gasteiger partial charge in [0.2, 0.25) is 0 Å². The first kappa shape index (κ1) is 13.5. The second kappa shape index (κ2) is 5.68. The molecule has 16 heavy (non-hydrogen) atoms. The van der Waals surface area contributed by atoms with Gasteiger partial charge in [0.1, 0.15) is 13.4 Å². The van der Waals surface area contributed by atoms with Crippen LogP contribution in [0.3, 0.4) is 0 Å². The van der Waals surface area contributed by atoms with Crippen LogP contribution in [-0.2, 0) is 4.79 Å². The molecule has 5 N–H and O–H groups in total. The van der Waals surface area contributed by atoms with Gasteiger partial charge in [-0.05, 0) is 31.6 Å². The second-order valence-corrected chi connectivity index (χ2v) is 5.07. The van der Waals surface area contributed by atoms with Gasteiger partial charge in [-0.15, -0.1) is 0 Å². The van der Waals surface area contributed by atoms with Gasteiger partial charge in [-0.1, -0.05) is 19.2 Å². The van der Waals surface area contributed by atoms with Crippen LogP contribution in [0.5, 0.6) is 0 Å². The maximum Gasteiger partial charge on any atom is 0.323 e. The number of hydrogen-bond acceptors (Lipinski definition) is 3. The first-order valence-electron chi connectivity index (χ1n) is 6.28. The fraction of sp³-hybridized carbons (Fsp3) is 0.909. The maximum atomic E-state index is 11.3. The average molecular weight is 226 g/mol. The van der Waals surface area contributed by atoms with Gasteiger partial charge in [0.15, 0.2) is 0 Å². The Kier molecular flexibility index (Phi) is 4.80. The summed E-state index contributed by atoms with van der Waals surface area (Å²) in [6.07, 6.45) is 6.12. The molecule has 1 aliphatic rings. The SMILES string of the molecule is BCCCCC(N)(C(=O)O)[C@H]1CC[C@H](N)C1. The van der Waals surface area contributed by atoms with Gasteiger partial charge in [-0.25, -0.2) is 0 Å². The molecule has 1 aliphatic carbocycles. The highest BCUT2D eigenvalue weighted by Crippen LogP contribution is 2.35. The van der Waals surface area contributed by atoms with E-state index in [-0.39, 0.29) is 12.0 Å². The Balaban J connectivity index is 2.60. The third-order valence-electron chi connectivity index (χ3n) is 3.79. The molecular weight excluding hydrogens is 203 g/mol. The summed E-state index contributed by atoms with van der Waals surface area (Å²) in [5.41, 5.74) is 10.9. The number of aliphatic carboxylic acids is 1. The first-order valence-corrected chi connectivity index (χ1v) is 6.28. The molecule has 0 amide bonds. The van der Waals surface area contributed by atoms with Crippen LogP contribution in [0, 0.1) is 5.92 Å². The third kappa shape index (κ3) is 2.98. The van der Waals surface area contributed by atoms with Crippen molar-refractivity contribution >= 4 is 13.8 Å². The van der Waals surface area contributed by atoms with E-state index in [0.717, 1.165) is 38.4 Å². The highest BCUT2D eigenvalue weighted by atomic mass is 16.4. The van der Waals surface area contributed by atoms with Gasteiger partial charge in [-0.2, -0.15) is 0 Å². The number of unbranched alkanes of at least 4 members (excludes halogenated alkanes) is 1. The van der Waals surface area contributed by atoms with Gasteiger partial charge < -0.3 is 16.6 Å². The van der Waals surface area contributed by atoms with Gasteiger partial charge in [0.05, 0.1) is 0 Å². The van der Waals surface area contributed by atoms with Gasteiger partial charge in [0.25, 0.3) is 0 Å². The standard InChI is InChI=1S/C11H23BN2O2/c12-6-2-1-5-11(14,10(15)16)8-3-4-9(13)7-8/h8-9H,1-7,12-14H2,(H,15,16)/t8-,9-,11?/m0/s1. The molecular formula is C11H23BN2O2. The summed E-state index contributed by atoms with van der Waals surface area (Å²) in [6.45, 7) is 0. The summed E-state index contributed by atoms with van der Waals surface area (Å²) >= 11 is 0.